The molecule has 0 spiro atoms. The van der Waals surface area contributed by atoms with Crippen molar-refractivity contribution in [3.63, 3.8) is 0 Å². The van der Waals surface area contributed by atoms with Gasteiger partial charge in [-0.15, -0.1) is 10.2 Å². The quantitative estimate of drug-likeness (QED) is 0.547. The van der Waals surface area contributed by atoms with E-state index < -0.39 is 0 Å². The number of benzene rings is 1. The fraction of sp³-hybridized carbons (Fsp3) is 0.278. The van der Waals surface area contributed by atoms with E-state index in [2.05, 4.69) is 15.5 Å². The molecule has 8 heteroatoms. The zero-order valence-corrected chi connectivity index (χ0v) is 15.9. The summed E-state index contributed by atoms with van der Waals surface area (Å²) >= 11 is 2.97. The minimum absolute atomic E-state index is 0.0975. The number of rotatable bonds is 9. The van der Waals surface area contributed by atoms with Gasteiger partial charge >= 0.3 is 0 Å². The van der Waals surface area contributed by atoms with E-state index in [1.54, 1.807) is 11.3 Å². The van der Waals surface area contributed by atoms with Crippen molar-refractivity contribution >= 4 is 33.7 Å². The Kier molecular flexibility index (Phi) is 6.56. The number of aromatic nitrogens is 2. The Morgan fingerprint density at radius 3 is 2.69 bits per heavy atom. The maximum absolute atomic E-state index is 12.0. The second-order valence-electron chi connectivity index (χ2n) is 5.30. The number of hydrogen-bond donors (Lipinski definition) is 1. The van der Waals surface area contributed by atoms with Gasteiger partial charge in [-0.25, -0.2) is 0 Å². The average Bonchev–Trinajstić information content (AvgIpc) is 3.32. The summed E-state index contributed by atoms with van der Waals surface area (Å²) in [6.45, 7) is 2.95. The number of nitrogens with one attached hydrogen (secondary N) is 1. The summed E-state index contributed by atoms with van der Waals surface area (Å²) in [5.41, 5.74) is 1.02. The molecule has 2 heterocycles. The lowest BCUT2D eigenvalue weighted by Gasteiger charge is -2.11. The second kappa shape index (κ2) is 9.30. The van der Waals surface area contributed by atoms with Crippen LogP contribution in [0.2, 0.25) is 0 Å². The van der Waals surface area contributed by atoms with E-state index in [-0.39, 0.29) is 5.91 Å². The van der Waals surface area contributed by atoms with Crippen molar-refractivity contribution in [3.8, 4) is 22.1 Å². The highest BCUT2D eigenvalue weighted by molar-refractivity contribution is 7.19. The van der Waals surface area contributed by atoms with E-state index in [1.165, 1.54) is 11.3 Å². The molecular weight excluding hydrogens is 370 g/mol. The molecule has 0 aliphatic carbocycles. The molecule has 6 nitrogen and oxygen atoms in total. The highest BCUT2D eigenvalue weighted by Crippen LogP contribution is 2.28. The van der Waals surface area contributed by atoms with E-state index in [1.807, 2.05) is 48.0 Å². The summed E-state index contributed by atoms with van der Waals surface area (Å²) < 4.78 is 11.2. The second-order valence-corrected chi connectivity index (χ2v) is 7.06. The number of para-hydroxylation sites is 2. The molecular formula is C18H19N3O3S2. The maximum Gasteiger partial charge on any atom is 0.226 e. The minimum atomic E-state index is -0.0975. The third-order valence-electron chi connectivity index (χ3n) is 3.39. The Bertz CT molecular complexity index is 834. The number of ether oxygens (including phenoxy) is 2. The van der Waals surface area contributed by atoms with Gasteiger partial charge in [-0.3, -0.25) is 4.79 Å². The van der Waals surface area contributed by atoms with Gasteiger partial charge in [0.15, 0.2) is 11.5 Å². The normalized spacial score (nSPS) is 10.5. The molecule has 0 aliphatic rings. The first kappa shape index (κ1) is 18.3. The molecule has 2 aromatic heterocycles. The van der Waals surface area contributed by atoms with E-state index >= 15 is 0 Å². The Morgan fingerprint density at radius 2 is 1.96 bits per heavy atom. The number of anilines is 1. The molecule has 0 radical (unpaired) electrons. The van der Waals surface area contributed by atoms with Gasteiger partial charge in [0.05, 0.1) is 13.2 Å². The number of amides is 1. The first-order valence-electron chi connectivity index (χ1n) is 8.27. The molecule has 1 amide bonds. The molecule has 1 aromatic carbocycles. The molecule has 0 saturated heterocycles. The van der Waals surface area contributed by atoms with E-state index in [4.69, 9.17) is 9.47 Å². The molecule has 3 aromatic rings. The van der Waals surface area contributed by atoms with Crippen LogP contribution in [0.5, 0.6) is 11.5 Å². The van der Waals surface area contributed by atoms with Crippen molar-refractivity contribution < 1.29 is 14.3 Å². The smallest absolute Gasteiger partial charge is 0.226 e. The number of carbonyl (C=O) groups excluding carboxylic acids is 1. The molecule has 136 valence electrons. The summed E-state index contributed by atoms with van der Waals surface area (Å²) in [4.78, 5) is 12.0. The molecule has 0 fully saturated rings. The van der Waals surface area contributed by atoms with Crippen LogP contribution in [0.25, 0.3) is 10.6 Å². The lowest BCUT2D eigenvalue weighted by atomic mass is 10.3. The van der Waals surface area contributed by atoms with Gasteiger partial charge in [0.1, 0.15) is 5.01 Å². The molecule has 26 heavy (non-hydrogen) atoms. The van der Waals surface area contributed by atoms with Crippen molar-refractivity contribution in [1.29, 1.82) is 0 Å². The van der Waals surface area contributed by atoms with Gasteiger partial charge < -0.3 is 14.8 Å². The first-order chi connectivity index (χ1) is 12.8. The zero-order valence-electron chi connectivity index (χ0n) is 14.3. The number of hydrogen-bond acceptors (Lipinski definition) is 7. The first-order valence-corrected chi connectivity index (χ1v) is 10.0. The minimum Gasteiger partial charge on any atom is -0.490 e. The fourth-order valence-corrected chi connectivity index (χ4v) is 3.69. The van der Waals surface area contributed by atoms with Crippen LogP contribution in [0.1, 0.15) is 19.8 Å². The summed E-state index contributed by atoms with van der Waals surface area (Å²) in [6, 6.07) is 9.50. The van der Waals surface area contributed by atoms with Gasteiger partial charge in [0, 0.05) is 17.4 Å². The van der Waals surface area contributed by atoms with Crippen LogP contribution in [-0.4, -0.2) is 29.3 Å². The van der Waals surface area contributed by atoms with Crippen molar-refractivity contribution in [1.82, 2.24) is 10.2 Å². The summed E-state index contributed by atoms with van der Waals surface area (Å²) in [5, 5.41) is 16.2. The van der Waals surface area contributed by atoms with Crippen LogP contribution in [0.15, 0.2) is 41.1 Å². The van der Waals surface area contributed by atoms with E-state index in [0.29, 0.717) is 42.7 Å². The van der Waals surface area contributed by atoms with Crippen LogP contribution in [0, 0.1) is 0 Å². The third kappa shape index (κ3) is 5.03. The van der Waals surface area contributed by atoms with Crippen molar-refractivity contribution in [3.05, 3.63) is 41.1 Å². The zero-order chi connectivity index (χ0) is 18.2. The highest BCUT2D eigenvalue weighted by Gasteiger charge is 2.10. The number of carbonyl (C=O) groups is 1. The molecule has 1 N–H and O–H groups in total. The van der Waals surface area contributed by atoms with Crippen LogP contribution >= 0.6 is 22.7 Å². The summed E-state index contributed by atoms with van der Waals surface area (Å²) in [6.07, 6.45) is 0.951. The van der Waals surface area contributed by atoms with E-state index in [0.717, 1.165) is 10.6 Å². The van der Waals surface area contributed by atoms with Crippen LogP contribution in [0.3, 0.4) is 0 Å². The fourth-order valence-electron chi connectivity index (χ4n) is 2.22. The average molecular weight is 390 g/mol. The summed E-state index contributed by atoms with van der Waals surface area (Å²) in [7, 11) is 0. The highest BCUT2D eigenvalue weighted by atomic mass is 32.1. The molecule has 3 rings (SSSR count). The summed E-state index contributed by atoms with van der Waals surface area (Å²) in [5.74, 6) is 1.31. The Morgan fingerprint density at radius 1 is 1.15 bits per heavy atom. The Labute approximate surface area is 159 Å². The number of nitrogens with zero attached hydrogens (tertiary/aromatic N) is 2. The van der Waals surface area contributed by atoms with Gasteiger partial charge in [0.2, 0.25) is 11.0 Å². The van der Waals surface area contributed by atoms with Gasteiger partial charge in [-0.05, 0) is 36.9 Å². The van der Waals surface area contributed by atoms with E-state index in [9.17, 15) is 4.79 Å². The van der Waals surface area contributed by atoms with Crippen molar-refractivity contribution in [2.24, 2.45) is 0 Å². The lowest BCUT2D eigenvalue weighted by molar-refractivity contribution is -0.116. The molecule has 0 atom stereocenters. The Balaban J connectivity index is 1.42. The van der Waals surface area contributed by atoms with Crippen LogP contribution in [-0.2, 0) is 4.79 Å². The van der Waals surface area contributed by atoms with Gasteiger partial charge in [-0.2, -0.15) is 11.3 Å². The maximum atomic E-state index is 12.0. The van der Waals surface area contributed by atoms with Crippen LogP contribution < -0.4 is 14.8 Å². The SMILES string of the molecule is CCOc1ccccc1OCCCC(=O)Nc1nnc(-c2ccsc2)s1. The molecule has 0 saturated carbocycles. The van der Waals surface area contributed by atoms with Crippen molar-refractivity contribution in [2.45, 2.75) is 19.8 Å². The van der Waals surface area contributed by atoms with Crippen molar-refractivity contribution in [2.75, 3.05) is 18.5 Å². The largest absolute Gasteiger partial charge is 0.490 e. The monoisotopic (exact) mass is 389 g/mol. The molecule has 0 aliphatic heterocycles. The molecule has 0 bridgehead atoms. The Hall–Kier alpha value is -2.45. The topological polar surface area (TPSA) is 73.3 Å². The van der Waals surface area contributed by atoms with Gasteiger partial charge in [0.25, 0.3) is 0 Å². The lowest BCUT2D eigenvalue weighted by Crippen LogP contribution is -2.12. The number of thiophene rings is 1. The van der Waals surface area contributed by atoms with Gasteiger partial charge in [-0.1, -0.05) is 23.5 Å². The molecule has 0 unspecified atom stereocenters. The predicted molar refractivity (Wildman–Crippen MR) is 104 cm³/mol. The standard InChI is InChI=1S/C18H19N3O3S2/c1-2-23-14-6-3-4-7-15(14)24-10-5-8-16(22)19-18-21-20-17(26-18)13-9-11-25-12-13/h3-4,6-7,9,11-12H,2,5,8,10H2,1H3,(H,19,21,22). The van der Waals surface area contributed by atoms with Crippen LogP contribution in [0.4, 0.5) is 5.13 Å². The third-order valence-corrected chi connectivity index (χ3v) is 4.97. The predicted octanol–water partition coefficient (Wildman–Crippen LogP) is 4.46.